The molecule has 0 saturated carbocycles. The number of aromatic nitrogens is 3. The molecule has 2 heterocycles. The summed E-state index contributed by atoms with van der Waals surface area (Å²) in [5, 5.41) is 13.2. The molecular weight excluding hydrogens is 321 g/mol. The highest BCUT2D eigenvalue weighted by Gasteiger charge is 2.12. The van der Waals surface area contributed by atoms with Crippen LogP contribution in [0.25, 0.3) is 0 Å². The molecule has 6 heteroatoms. The van der Waals surface area contributed by atoms with Gasteiger partial charge in [-0.15, -0.1) is 0 Å². The number of carboxylic acids is 1. The van der Waals surface area contributed by atoms with Crippen molar-refractivity contribution in [3.8, 4) is 0 Å². The minimum Gasteiger partial charge on any atom is -0.477 e. The Kier molecular flexibility index (Phi) is 2.99. The van der Waals surface area contributed by atoms with Crippen LogP contribution in [-0.4, -0.2) is 25.4 Å². The van der Waals surface area contributed by atoms with Crippen LogP contribution in [0.1, 0.15) is 16.2 Å². The summed E-state index contributed by atoms with van der Waals surface area (Å²) in [4.78, 5) is 11.0. The van der Waals surface area contributed by atoms with E-state index >= 15 is 0 Å². The highest BCUT2D eigenvalue weighted by Crippen LogP contribution is 2.13. The largest absolute Gasteiger partial charge is 0.477 e. The van der Waals surface area contributed by atoms with E-state index in [0.717, 1.165) is 9.26 Å². The number of nitrogens with zero attached hydrogens (tertiary/aromatic N) is 3. The molecule has 0 aromatic carbocycles. The Labute approximate surface area is 106 Å². The van der Waals surface area contributed by atoms with Crippen molar-refractivity contribution >= 4 is 28.6 Å². The van der Waals surface area contributed by atoms with Gasteiger partial charge in [0.25, 0.3) is 0 Å². The monoisotopic (exact) mass is 331 g/mol. The zero-order valence-corrected chi connectivity index (χ0v) is 10.7. The van der Waals surface area contributed by atoms with E-state index in [0.29, 0.717) is 6.54 Å². The third kappa shape index (κ3) is 2.26. The Hall–Kier alpha value is -1.31. The van der Waals surface area contributed by atoms with E-state index in [2.05, 4.69) is 27.7 Å². The third-order valence-corrected chi connectivity index (χ3v) is 2.77. The molecule has 0 bridgehead atoms. The fourth-order valence-electron chi connectivity index (χ4n) is 1.51. The Balaban J connectivity index is 2.30. The van der Waals surface area contributed by atoms with Crippen LogP contribution in [0.5, 0.6) is 0 Å². The van der Waals surface area contributed by atoms with Gasteiger partial charge in [-0.2, -0.15) is 5.10 Å². The lowest BCUT2D eigenvalue weighted by molar-refractivity contribution is 0.0685. The van der Waals surface area contributed by atoms with Gasteiger partial charge < -0.3 is 9.67 Å². The molecule has 0 fully saturated rings. The van der Waals surface area contributed by atoms with Gasteiger partial charge >= 0.3 is 5.97 Å². The molecule has 1 N–H and O–H groups in total. The molecule has 84 valence electrons. The molecule has 0 amide bonds. The number of hydrogen-bond acceptors (Lipinski definition) is 2. The van der Waals surface area contributed by atoms with Gasteiger partial charge in [-0.05, 0) is 34.7 Å². The van der Waals surface area contributed by atoms with Gasteiger partial charge in [-0.1, -0.05) is 0 Å². The highest BCUT2D eigenvalue weighted by molar-refractivity contribution is 14.1. The van der Waals surface area contributed by atoms with Crippen LogP contribution in [0.15, 0.2) is 24.5 Å². The molecule has 0 aliphatic rings. The number of rotatable bonds is 3. The standard InChI is InChI=1S/C10H10IN3O2/c1-13-3-2-8(12-13)6-14-5-7(11)4-9(14)10(15)16/h2-5H,6H2,1H3,(H,15,16). The average molecular weight is 331 g/mol. The normalized spacial score (nSPS) is 10.6. The maximum absolute atomic E-state index is 11.0. The summed E-state index contributed by atoms with van der Waals surface area (Å²) in [5.74, 6) is -0.918. The predicted octanol–water partition coefficient (Wildman–Crippen LogP) is 1.57. The van der Waals surface area contributed by atoms with Gasteiger partial charge in [0.1, 0.15) is 5.69 Å². The molecular formula is C10H10IN3O2. The van der Waals surface area contributed by atoms with Crippen molar-refractivity contribution in [2.24, 2.45) is 7.05 Å². The molecule has 2 rings (SSSR count). The number of halogens is 1. The molecule has 2 aromatic heterocycles. The van der Waals surface area contributed by atoms with E-state index in [1.54, 1.807) is 21.5 Å². The zero-order chi connectivity index (χ0) is 11.7. The first-order valence-electron chi connectivity index (χ1n) is 4.64. The van der Waals surface area contributed by atoms with Gasteiger partial charge in [0.2, 0.25) is 0 Å². The van der Waals surface area contributed by atoms with Gasteiger partial charge in [-0.3, -0.25) is 4.68 Å². The molecule has 5 nitrogen and oxygen atoms in total. The first kappa shape index (κ1) is 11.2. The molecule has 16 heavy (non-hydrogen) atoms. The van der Waals surface area contributed by atoms with Gasteiger partial charge in [-0.25, -0.2) is 4.79 Å². The van der Waals surface area contributed by atoms with Crippen molar-refractivity contribution in [3.63, 3.8) is 0 Å². The Morgan fingerprint density at radius 1 is 1.62 bits per heavy atom. The fourth-order valence-corrected chi connectivity index (χ4v) is 2.14. The topological polar surface area (TPSA) is 60.0 Å². The summed E-state index contributed by atoms with van der Waals surface area (Å²) in [6, 6.07) is 3.52. The molecule has 0 aliphatic heterocycles. The van der Waals surface area contributed by atoms with Gasteiger partial charge in [0.15, 0.2) is 0 Å². The lowest BCUT2D eigenvalue weighted by atomic mass is 10.4. The fraction of sp³-hybridized carbons (Fsp3) is 0.200. The van der Waals surface area contributed by atoms with E-state index in [1.807, 2.05) is 19.3 Å². The van der Waals surface area contributed by atoms with E-state index in [9.17, 15) is 4.79 Å². The maximum Gasteiger partial charge on any atom is 0.352 e. The molecule has 2 aromatic rings. The van der Waals surface area contributed by atoms with Crippen molar-refractivity contribution in [2.75, 3.05) is 0 Å². The summed E-state index contributed by atoms with van der Waals surface area (Å²) >= 11 is 2.10. The number of carboxylic acid groups (broad SMARTS) is 1. The number of carbonyl (C=O) groups is 1. The van der Waals surface area contributed by atoms with Gasteiger partial charge in [0.05, 0.1) is 12.2 Å². The molecule has 0 radical (unpaired) electrons. The molecule has 0 spiro atoms. The molecule has 0 atom stereocenters. The van der Waals surface area contributed by atoms with E-state index in [1.165, 1.54) is 0 Å². The van der Waals surface area contributed by atoms with Crippen molar-refractivity contribution in [1.82, 2.24) is 14.3 Å². The van der Waals surface area contributed by atoms with Crippen LogP contribution in [0.4, 0.5) is 0 Å². The van der Waals surface area contributed by atoms with Crippen LogP contribution < -0.4 is 0 Å². The molecule has 0 aliphatic carbocycles. The highest BCUT2D eigenvalue weighted by atomic mass is 127. The second-order valence-electron chi connectivity index (χ2n) is 3.46. The minimum atomic E-state index is -0.918. The summed E-state index contributed by atoms with van der Waals surface area (Å²) in [5.41, 5.74) is 1.13. The Morgan fingerprint density at radius 2 is 2.38 bits per heavy atom. The lowest BCUT2D eigenvalue weighted by Crippen LogP contribution is -2.09. The zero-order valence-electron chi connectivity index (χ0n) is 8.59. The lowest BCUT2D eigenvalue weighted by Gasteiger charge is -2.02. The number of aryl methyl sites for hydroxylation is 1. The SMILES string of the molecule is Cn1ccc(Cn2cc(I)cc2C(=O)O)n1. The number of hydrogen-bond donors (Lipinski definition) is 1. The molecule has 0 saturated heterocycles. The Bertz CT molecular complexity index is 530. The quantitative estimate of drug-likeness (QED) is 0.869. The first-order valence-corrected chi connectivity index (χ1v) is 5.71. The summed E-state index contributed by atoms with van der Waals surface area (Å²) < 4.78 is 4.29. The van der Waals surface area contributed by atoms with Crippen molar-refractivity contribution < 1.29 is 9.90 Å². The predicted molar refractivity (Wildman–Crippen MR) is 66.4 cm³/mol. The summed E-state index contributed by atoms with van der Waals surface area (Å²) in [6.45, 7) is 0.478. The van der Waals surface area contributed by atoms with Crippen LogP contribution >= 0.6 is 22.6 Å². The second kappa shape index (κ2) is 4.28. The van der Waals surface area contributed by atoms with Crippen LogP contribution in [-0.2, 0) is 13.6 Å². The van der Waals surface area contributed by atoms with Crippen molar-refractivity contribution in [3.05, 3.63) is 39.5 Å². The van der Waals surface area contributed by atoms with E-state index < -0.39 is 5.97 Å². The van der Waals surface area contributed by atoms with E-state index in [4.69, 9.17) is 5.11 Å². The van der Waals surface area contributed by atoms with Crippen LogP contribution in [0.2, 0.25) is 0 Å². The Morgan fingerprint density at radius 3 is 2.94 bits per heavy atom. The molecule has 0 unspecified atom stereocenters. The maximum atomic E-state index is 11.0. The minimum absolute atomic E-state index is 0.287. The summed E-state index contributed by atoms with van der Waals surface area (Å²) in [7, 11) is 1.83. The summed E-state index contributed by atoms with van der Waals surface area (Å²) in [6.07, 6.45) is 3.64. The number of aromatic carboxylic acids is 1. The van der Waals surface area contributed by atoms with Gasteiger partial charge in [0, 0.05) is 23.0 Å². The van der Waals surface area contributed by atoms with E-state index in [-0.39, 0.29) is 5.69 Å². The third-order valence-electron chi connectivity index (χ3n) is 2.18. The average Bonchev–Trinajstić information content (AvgIpc) is 2.74. The smallest absolute Gasteiger partial charge is 0.352 e. The van der Waals surface area contributed by atoms with Crippen molar-refractivity contribution in [2.45, 2.75) is 6.54 Å². The second-order valence-corrected chi connectivity index (χ2v) is 4.70. The first-order chi connectivity index (χ1) is 7.56. The van der Waals surface area contributed by atoms with Crippen LogP contribution in [0.3, 0.4) is 0 Å². The van der Waals surface area contributed by atoms with Crippen LogP contribution in [0, 0.1) is 3.57 Å². The van der Waals surface area contributed by atoms with Crippen molar-refractivity contribution in [1.29, 1.82) is 0 Å².